The highest BCUT2D eigenvalue weighted by Crippen LogP contribution is 2.39. The van der Waals surface area contributed by atoms with E-state index in [1.54, 1.807) is 13.0 Å². The van der Waals surface area contributed by atoms with Crippen molar-refractivity contribution >= 4 is 17.7 Å². The van der Waals surface area contributed by atoms with Gasteiger partial charge in [0.25, 0.3) is 0 Å². The largest absolute Gasteiger partial charge is 0.480 e. The second kappa shape index (κ2) is 6.13. The highest BCUT2D eigenvalue weighted by molar-refractivity contribution is 5.94. The fraction of sp³-hybridized carbons (Fsp3) is 0.467. The summed E-state index contributed by atoms with van der Waals surface area (Å²) in [5.74, 6) is -0.986. The highest BCUT2D eigenvalue weighted by atomic mass is 16.4. The number of hydrogen-bond donors (Lipinski definition) is 4. The minimum atomic E-state index is -1.20. The van der Waals surface area contributed by atoms with Crippen molar-refractivity contribution in [2.45, 2.75) is 31.8 Å². The van der Waals surface area contributed by atoms with Gasteiger partial charge in [0, 0.05) is 12.2 Å². The van der Waals surface area contributed by atoms with E-state index in [1.165, 1.54) is 0 Å². The Balaban J connectivity index is 2.01. The first-order chi connectivity index (χ1) is 9.95. The molecule has 1 aliphatic carbocycles. The van der Waals surface area contributed by atoms with Gasteiger partial charge < -0.3 is 21.1 Å². The lowest BCUT2D eigenvalue weighted by Gasteiger charge is -2.26. The predicted octanol–water partition coefficient (Wildman–Crippen LogP) is 1.78. The van der Waals surface area contributed by atoms with Gasteiger partial charge in [-0.2, -0.15) is 0 Å². The molecule has 2 rings (SSSR count). The van der Waals surface area contributed by atoms with Gasteiger partial charge in [0.05, 0.1) is 0 Å². The van der Waals surface area contributed by atoms with Gasteiger partial charge in [-0.1, -0.05) is 12.1 Å². The van der Waals surface area contributed by atoms with Crippen LogP contribution in [0.5, 0.6) is 0 Å². The summed E-state index contributed by atoms with van der Waals surface area (Å²) >= 11 is 0. The van der Waals surface area contributed by atoms with Crippen molar-refractivity contribution in [1.29, 1.82) is 0 Å². The van der Waals surface area contributed by atoms with Crippen LogP contribution in [0, 0.1) is 5.92 Å². The van der Waals surface area contributed by atoms with Gasteiger partial charge in [0.15, 0.2) is 0 Å². The second-order valence-corrected chi connectivity index (χ2v) is 5.59. The number of carbonyl (C=O) groups excluding carboxylic acids is 1. The minimum absolute atomic E-state index is 0.0105. The monoisotopic (exact) mass is 291 g/mol. The van der Waals surface area contributed by atoms with E-state index in [9.17, 15) is 14.7 Å². The molecule has 114 valence electrons. The van der Waals surface area contributed by atoms with Crippen LogP contribution >= 0.6 is 0 Å². The summed E-state index contributed by atoms with van der Waals surface area (Å²) in [5.41, 5.74) is 0.481. The summed E-state index contributed by atoms with van der Waals surface area (Å²) < 4.78 is 0. The van der Waals surface area contributed by atoms with E-state index in [0.717, 1.165) is 18.4 Å². The van der Waals surface area contributed by atoms with E-state index in [4.69, 9.17) is 0 Å². The molecule has 1 atom stereocenters. The van der Waals surface area contributed by atoms with Crippen molar-refractivity contribution in [3.8, 4) is 0 Å². The fourth-order valence-electron chi connectivity index (χ4n) is 2.35. The molecule has 0 aliphatic heterocycles. The topological polar surface area (TPSA) is 90.5 Å². The normalized spacial score (nSPS) is 16.9. The van der Waals surface area contributed by atoms with Crippen LogP contribution in [0.4, 0.5) is 10.5 Å². The Morgan fingerprint density at radius 3 is 2.67 bits per heavy atom. The van der Waals surface area contributed by atoms with Crippen LogP contribution in [0.2, 0.25) is 0 Å². The van der Waals surface area contributed by atoms with Gasteiger partial charge >= 0.3 is 12.0 Å². The molecule has 0 bridgehead atoms. The zero-order valence-corrected chi connectivity index (χ0v) is 12.3. The fourth-order valence-corrected chi connectivity index (χ4v) is 2.35. The molecule has 2 amide bonds. The van der Waals surface area contributed by atoms with Gasteiger partial charge in [-0.25, -0.2) is 9.59 Å². The van der Waals surface area contributed by atoms with Gasteiger partial charge in [-0.15, -0.1) is 0 Å². The van der Waals surface area contributed by atoms with Crippen molar-refractivity contribution < 1.29 is 14.7 Å². The van der Waals surface area contributed by atoms with Crippen molar-refractivity contribution in [3.63, 3.8) is 0 Å². The minimum Gasteiger partial charge on any atom is -0.480 e. The molecule has 1 fully saturated rings. The molecule has 1 aromatic rings. The molecule has 21 heavy (non-hydrogen) atoms. The summed E-state index contributed by atoms with van der Waals surface area (Å²) in [6.07, 6.45) is 1.67. The van der Waals surface area contributed by atoms with Crippen LogP contribution in [0.25, 0.3) is 0 Å². The Morgan fingerprint density at radius 1 is 1.38 bits per heavy atom. The third kappa shape index (κ3) is 3.72. The Bertz CT molecular complexity index is 543. The van der Waals surface area contributed by atoms with Crippen LogP contribution in [-0.2, 0) is 11.3 Å². The molecule has 1 aliphatic rings. The van der Waals surface area contributed by atoms with Gasteiger partial charge in [0.1, 0.15) is 5.54 Å². The highest BCUT2D eigenvalue weighted by Gasteiger charge is 2.48. The van der Waals surface area contributed by atoms with Crippen molar-refractivity contribution in [2.75, 3.05) is 12.4 Å². The Labute approximate surface area is 123 Å². The number of urea groups is 1. The van der Waals surface area contributed by atoms with E-state index in [1.807, 2.05) is 25.2 Å². The van der Waals surface area contributed by atoms with Gasteiger partial charge in [-0.3, -0.25) is 0 Å². The number of nitrogens with one attached hydrogen (secondary N) is 3. The number of rotatable bonds is 6. The van der Waals surface area contributed by atoms with Crippen LogP contribution in [0.3, 0.4) is 0 Å². The third-order valence-corrected chi connectivity index (χ3v) is 3.78. The number of carbonyl (C=O) groups is 2. The number of anilines is 1. The zero-order valence-electron chi connectivity index (χ0n) is 12.3. The first kappa shape index (κ1) is 15.3. The molecule has 0 heterocycles. The maximum atomic E-state index is 12.0. The molecule has 0 spiro atoms. The Morgan fingerprint density at radius 2 is 2.10 bits per heavy atom. The maximum absolute atomic E-state index is 12.0. The molecule has 1 saturated carbocycles. The number of carboxylic acids is 1. The lowest BCUT2D eigenvalue weighted by molar-refractivity contribution is -0.144. The molecule has 4 N–H and O–H groups in total. The third-order valence-electron chi connectivity index (χ3n) is 3.78. The molecule has 6 heteroatoms. The van der Waals surface area contributed by atoms with E-state index >= 15 is 0 Å². The Hall–Kier alpha value is -2.08. The van der Waals surface area contributed by atoms with Crippen LogP contribution in [0.1, 0.15) is 25.3 Å². The molecule has 0 saturated heterocycles. The molecule has 1 unspecified atom stereocenters. The second-order valence-electron chi connectivity index (χ2n) is 5.59. The number of amides is 2. The summed E-state index contributed by atoms with van der Waals surface area (Å²) in [6, 6.07) is 6.93. The smallest absolute Gasteiger partial charge is 0.329 e. The quantitative estimate of drug-likeness (QED) is 0.643. The molecule has 1 aromatic carbocycles. The number of carboxylic acid groups (broad SMARTS) is 1. The SMILES string of the molecule is CNCc1cccc(NC(=O)NC(C)(C(=O)O)C2CC2)c1. The summed E-state index contributed by atoms with van der Waals surface area (Å²) in [6.45, 7) is 2.26. The average Bonchev–Trinajstić information content (AvgIpc) is 3.23. The van der Waals surface area contributed by atoms with Crippen LogP contribution in [-0.4, -0.2) is 29.7 Å². The Kier molecular flexibility index (Phi) is 4.47. The summed E-state index contributed by atoms with van der Waals surface area (Å²) in [7, 11) is 1.85. The van der Waals surface area contributed by atoms with E-state index in [-0.39, 0.29) is 5.92 Å². The molecular formula is C15H21N3O3. The first-order valence-corrected chi connectivity index (χ1v) is 7.02. The van der Waals surface area contributed by atoms with Crippen LogP contribution in [0.15, 0.2) is 24.3 Å². The van der Waals surface area contributed by atoms with E-state index in [0.29, 0.717) is 12.2 Å². The van der Waals surface area contributed by atoms with Gasteiger partial charge in [0.2, 0.25) is 0 Å². The maximum Gasteiger partial charge on any atom is 0.329 e. The first-order valence-electron chi connectivity index (χ1n) is 7.02. The molecule has 0 aromatic heterocycles. The van der Waals surface area contributed by atoms with E-state index < -0.39 is 17.5 Å². The standard InChI is InChI=1S/C15H21N3O3/c1-15(13(19)20,11-6-7-11)18-14(21)17-12-5-3-4-10(8-12)9-16-2/h3-5,8,11,16H,6-7,9H2,1-2H3,(H,19,20)(H2,17,18,21). The van der Waals surface area contributed by atoms with Crippen molar-refractivity contribution in [3.05, 3.63) is 29.8 Å². The van der Waals surface area contributed by atoms with E-state index in [2.05, 4.69) is 16.0 Å². The average molecular weight is 291 g/mol. The predicted molar refractivity (Wildman–Crippen MR) is 80.1 cm³/mol. The van der Waals surface area contributed by atoms with Crippen molar-refractivity contribution in [2.24, 2.45) is 5.92 Å². The molecular weight excluding hydrogens is 270 g/mol. The molecule has 6 nitrogen and oxygen atoms in total. The molecule has 0 radical (unpaired) electrons. The number of benzene rings is 1. The summed E-state index contributed by atoms with van der Waals surface area (Å²) in [4.78, 5) is 23.4. The number of aliphatic carboxylic acids is 1. The van der Waals surface area contributed by atoms with Gasteiger partial charge in [-0.05, 0) is 50.4 Å². The lowest BCUT2D eigenvalue weighted by Crippen LogP contribution is -2.55. The lowest BCUT2D eigenvalue weighted by atomic mass is 9.96. The number of hydrogen-bond acceptors (Lipinski definition) is 3. The van der Waals surface area contributed by atoms with Crippen molar-refractivity contribution in [1.82, 2.24) is 10.6 Å². The zero-order chi connectivity index (χ0) is 15.5. The van der Waals surface area contributed by atoms with Crippen LogP contribution < -0.4 is 16.0 Å². The summed E-state index contributed by atoms with van der Waals surface area (Å²) in [5, 5.41) is 17.6.